The smallest absolute Gasteiger partial charge is 0.343 e. The van der Waals surface area contributed by atoms with Gasteiger partial charge in [-0.3, -0.25) is 9.59 Å². The average Bonchev–Trinajstić information content (AvgIpc) is 2.65. The number of carbonyl (C=O) groups excluding carboxylic acids is 2. The zero-order chi connectivity index (χ0) is 22.5. The number of amides is 2. The first kappa shape index (κ1) is 24.1. The highest BCUT2D eigenvalue weighted by molar-refractivity contribution is 7.89. The third-order valence-corrected chi connectivity index (χ3v) is 6.16. The Hall–Kier alpha value is -2.14. The average molecular weight is 449 g/mol. The van der Waals surface area contributed by atoms with E-state index in [1.165, 1.54) is 12.1 Å². The lowest BCUT2D eigenvalue weighted by Gasteiger charge is -2.32. The van der Waals surface area contributed by atoms with Gasteiger partial charge in [-0.15, -0.1) is 0 Å². The summed E-state index contributed by atoms with van der Waals surface area (Å²) in [4.78, 5) is 25.5. The number of likely N-dealkylation sites (tertiary alicyclic amines) is 1. The summed E-state index contributed by atoms with van der Waals surface area (Å²) in [5.74, 6) is -0.624. The number of piperidine rings is 1. The van der Waals surface area contributed by atoms with Crippen LogP contribution in [0, 0.1) is 5.92 Å². The van der Waals surface area contributed by atoms with Crippen LogP contribution in [0.4, 0.5) is 13.2 Å². The molecule has 1 saturated heterocycles. The van der Waals surface area contributed by atoms with E-state index in [0.717, 1.165) is 12.1 Å². The molecule has 0 aliphatic carbocycles. The topological polar surface area (TPSA) is 95.6 Å². The maximum Gasteiger partial charge on any atom is 0.405 e. The summed E-state index contributed by atoms with van der Waals surface area (Å²) >= 11 is 0. The second-order valence-electron chi connectivity index (χ2n) is 7.70. The zero-order valence-electron chi connectivity index (χ0n) is 16.8. The lowest BCUT2D eigenvalue weighted by molar-refractivity contribution is -0.133. The van der Waals surface area contributed by atoms with Crippen molar-refractivity contribution in [3.63, 3.8) is 0 Å². The summed E-state index contributed by atoms with van der Waals surface area (Å²) in [7, 11) is -3.86. The molecule has 2 amide bonds. The van der Waals surface area contributed by atoms with Gasteiger partial charge in [-0.1, -0.05) is 13.8 Å². The van der Waals surface area contributed by atoms with Gasteiger partial charge in [0.15, 0.2) is 0 Å². The Morgan fingerprint density at radius 1 is 1.13 bits per heavy atom. The number of carbonyl (C=O) groups is 2. The molecule has 11 heteroatoms. The van der Waals surface area contributed by atoms with E-state index < -0.39 is 28.7 Å². The second-order valence-corrected chi connectivity index (χ2v) is 9.41. The molecule has 7 nitrogen and oxygen atoms in total. The van der Waals surface area contributed by atoms with Crippen molar-refractivity contribution in [1.29, 1.82) is 0 Å². The predicted molar refractivity (Wildman–Crippen MR) is 104 cm³/mol. The summed E-state index contributed by atoms with van der Waals surface area (Å²) in [5, 5.41) is 1.73. The largest absolute Gasteiger partial charge is 0.405 e. The Labute approximate surface area is 174 Å². The Balaban J connectivity index is 1.92. The number of alkyl halides is 3. The van der Waals surface area contributed by atoms with E-state index >= 15 is 0 Å². The molecule has 1 heterocycles. The van der Waals surface area contributed by atoms with Crippen LogP contribution in [0.3, 0.4) is 0 Å². The van der Waals surface area contributed by atoms with Crippen LogP contribution in [0.25, 0.3) is 0 Å². The molecule has 1 aromatic carbocycles. The van der Waals surface area contributed by atoms with Crippen LogP contribution in [-0.2, 0) is 14.8 Å². The number of sulfonamides is 1. The first-order valence-electron chi connectivity index (χ1n) is 9.62. The van der Waals surface area contributed by atoms with E-state index in [4.69, 9.17) is 0 Å². The Morgan fingerprint density at radius 2 is 1.70 bits per heavy atom. The molecule has 168 valence electrons. The van der Waals surface area contributed by atoms with E-state index in [9.17, 15) is 31.2 Å². The Bertz CT molecular complexity index is 847. The minimum atomic E-state index is -4.53. The number of hydrogen-bond acceptors (Lipinski definition) is 4. The summed E-state index contributed by atoms with van der Waals surface area (Å²) < 4.78 is 64.2. The molecule has 30 heavy (non-hydrogen) atoms. The van der Waals surface area contributed by atoms with Crippen molar-refractivity contribution in [1.82, 2.24) is 14.9 Å². The molecule has 1 aliphatic rings. The molecule has 0 unspecified atom stereocenters. The standard InChI is InChI=1S/C19H26F3N3O4S/c1-13(2)11-17(26)25-9-7-15(8-10-25)24-30(28,29)16-5-3-14(4-6-16)18(27)23-12-19(20,21)22/h3-6,13,15,24H,7-12H2,1-2H3,(H,23,27). The molecular formula is C19H26F3N3O4S. The molecule has 2 rings (SSSR count). The van der Waals surface area contributed by atoms with Gasteiger partial charge in [0.2, 0.25) is 15.9 Å². The van der Waals surface area contributed by atoms with Crippen LogP contribution in [0.1, 0.15) is 43.5 Å². The Morgan fingerprint density at radius 3 is 2.20 bits per heavy atom. The quantitative estimate of drug-likeness (QED) is 0.668. The highest BCUT2D eigenvalue weighted by Gasteiger charge is 2.29. The first-order chi connectivity index (χ1) is 13.9. The van der Waals surface area contributed by atoms with E-state index in [1.807, 2.05) is 13.8 Å². The van der Waals surface area contributed by atoms with Crippen molar-refractivity contribution in [2.75, 3.05) is 19.6 Å². The van der Waals surface area contributed by atoms with Gasteiger partial charge in [0.1, 0.15) is 6.54 Å². The van der Waals surface area contributed by atoms with E-state index in [2.05, 4.69) is 4.72 Å². The normalized spacial score (nSPS) is 16.0. The van der Waals surface area contributed by atoms with Gasteiger partial charge in [-0.2, -0.15) is 13.2 Å². The molecule has 1 aromatic rings. The van der Waals surface area contributed by atoms with E-state index in [-0.39, 0.29) is 28.3 Å². The maximum absolute atomic E-state index is 12.6. The fourth-order valence-corrected chi connectivity index (χ4v) is 4.39. The minimum Gasteiger partial charge on any atom is -0.343 e. The van der Waals surface area contributed by atoms with Gasteiger partial charge < -0.3 is 10.2 Å². The number of hydrogen-bond donors (Lipinski definition) is 2. The molecule has 0 radical (unpaired) electrons. The summed E-state index contributed by atoms with van der Waals surface area (Å²) in [6.45, 7) is 3.40. The van der Waals surface area contributed by atoms with Crippen LogP contribution < -0.4 is 10.0 Å². The van der Waals surface area contributed by atoms with Crippen LogP contribution >= 0.6 is 0 Å². The van der Waals surface area contributed by atoms with Crippen LogP contribution in [0.15, 0.2) is 29.2 Å². The fraction of sp³-hybridized carbons (Fsp3) is 0.579. The van der Waals surface area contributed by atoms with Crippen molar-refractivity contribution in [3.05, 3.63) is 29.8 Å². The van der Waals surface area contributed by atoms with E-state index in [1.54, 1.807) is 10.2 Å². The predicted octanol–water partition coefficient (Wildman–Crippen LogP) is 2.29. The first-order valence-corrected chi connectivity index (χ1v) is 11.1. The minimum absolute atomic E-state index is 0.0608. The van der Waals surface area contributed by atoms with Crippen molar-refractivity contribution in [2.24, 2.45) is 5.92 Å². The number of nitrogens with zero attached hydrogens (tertiary/aromatic N) is 1. The molecule has 0 spiro atoms. The number of nitrogens with one attached hydrogen (secondary N) is 2. The van der Waals surface area contributed by atoms with Crippen molar-refractivity contribution in [2.45, 2.75) is 50.2 Å². The summed E-state index contributed by atoms with van der Waals surface area (Å²) in [6.07, 6.45) is -3.10. The monoisotopic (exact) mass is 449 g/mol. The number of halogens is 3. The van der Waals surface area contributed by atoms with Crippen LogP contribution in [0.5, 0.6) is 0 Å². The van der Waals surface area contributed by atoms with Crippen molar-refractivity contribution in [3.8, 4) is 0 Å². The SMILES string of the molecule is CC(C)CC(=O)N1CCC(NS(=O)(=O)c2ccc(C(=O)NCC(F)(F)F)cc2)CC1. The zero-order valence-corrected chi connectivity index (χ0v) is 17.6. The third-order valence-electron chi connectivity index (χ3n) is 4.63. The van der Waals surface area contributed by atoms with Gasteiger partial charge in [0, 0.05) is 31.1 Å². The molecule has 0 saturated carbocycles. The number of benzene rings is 1. The van der Waals surface area contributed by atoms with Crippen LogP contribution in [-0.4, -0.2) is 57.0 Å². The Kier molecular flexibility index (Phi) is 7.87. The van der Waals surface area contributed by atoms with Crippen molar-refractivity contribution < 1.29 is 31.2 Å². The lowest BCUT2D eigenvalue weighted by Crippen LogP contribution is -2.46. The highest BCUT2D eigenvalue weighted by atomic mass is 32.2. The second kappa shape index (κ2) is 9.78. The molecule has 2 N–H and O–H groups in total. The van der Waals surface area contributed by atoms with Gasteiger partial charge in [-0.25, -0.2) is 13.1 Å². The molecule has 0 aromatic heterocycles. The van der Waals surface area contributed by atoms with E-state index in [0.29, 0.717) is 32.4 Å². The molecule has 0 bridgehead atoms. The van der Waals surface area contributed by atoms with Crippen molar-refractivity contribution >= 4 is 21.8 Å². The van der Waals surface area contributed by atoms with Gasteiger partial charge in [-0.05, 0) is 43.0 Å². The van der Waals surface area contributed by atoms with Gasteiger partial charge >= 0.3 is 6.18 Å². The number of rotatable bonds is 7. The molecule has 1 aliphatic heterocycles. The molecule has 0 atom stereocenters. The maximum atomic E-state index is 12.6. The summed E-state index contributed by atoms with van der Waals surface area (Å²) in [6, 6.07) is 4.34. The van der Waals surface area contributed by atoms with Gasteiger partial charge in [0.05, 0.1) is 4.90 Å². The third kappa shape index (κ3) is 7.28. The summed E-state index contributed by atoms with van der Waals surface area (Å²) in [5.41, 5.74) is -0.0739. The molecular weight excluding hydrogens is 423 g/mol. The highest BCUT2D eigenvalue weighted by Crippen LogP contribution is 2.18. The molecule has 1 fully saturated rings. The fourth-order valence-electron chi connectivity index (χ4n) is 3.08. The lowest BCUT2D eigenvalue weighted by atomic mass is 10.0. The van der Waals surface area contributed by atoms with Crippen LogP contribution in [0.2, 0.25) is 0 Å². The van der Waals surface area contributed by atoms with Gasteiger partial charge in [0.25, 0.3) is 5.91 Å².